The number of nitrogens with zero attached hydrogens (tertiary/aromatic N) is 1. The molecule has 0 bridgehead atoms. The first-order valence-corrected chi connectivity index (χ1v) is 9.81. The number of Topliss-reactive ketones (excluding diaryl/α,β-unsaturated/α-hetero) is 1. The molecule has 4 rings (SSSR count). The lowest BCUT2D eigenvalue weighted by atomic mass is 9.99. The predicted molar refractivity (Wildman–Crippen MR) is 120 cm³/mol. The lowest BCUT2D eigenvalue weighted by Crippen LogP contribution is -2.19. The van der Waals surface area contributed by atoms with Gasteiger partial charge in [0, 0.05) is 46.4 Å². The van der Waals surface area contributed by atoms with Crippen LogP contribution in [0.5, 0.6) is 0 Å². The van der Waals surface area contributed by atoms with Gasteiger partial charge in [-0.15, -0.1) is 0 Å². The molecule has 4 aromatic rings. The fraction of sp³-hybridized carbons (Fsp3) is 0.0400. The summed E-state index contributed by atoms with van der Waals surface area (Å²) >= 11 is 0. The minimum atomic E-state index is -1.12. The number of hydrogen-bond donors (Lipinski definition) is 1. The summed E-state index contributed by atoms with van der Waals surface area (Å²) in [6.45, 7) is 0. The van der Waals surface area contributed by atoms with Crippen LogP contribution < -0.4 is 0 Å². The number of aromatic amines is 1. The van der Waals surface area contributed by atoms with Crippen LogP contribution >= 0.6 is 0 Å². The van der Waals surface area contributed by atoms with Crippen LogP contribution in [-0.2, 0) is 9.53 Å². The number of hydrogen-bond acceptors (Lipinski definition) is 5. The van der Waals surface area contributed by atoms with Gasteiger partial charge in [-0.3, -0.25) is 14.9 Å². The first kappa shape index (κ1) is 20.7. The molecule has 158 valence electrons. The van der Waals surface area contributed by atoms with Crippen molar-refractivity contribution in [3.63, 3.8) is 0 Å². The van der Waals surface area contributed by atoms with Crippen molar-refractivity contribution in [3.05, 3.63) is 118 Å². The molecule has 0 aliphatic carbocycles. The van der Waals surface area contributed by atoms with Crippen molar-refractivity contribution >= 4 is 34.4 Å². The number of carbonyl (C=O) groups excluding carboxylic acids is 2. The van der Waals surface area contributed by atoms with Crippen molar-refractivity contribution < 1.29 is 19.2 Å². The van der Waals surface area contributed by atoms with E-state index in [4.69, 9.17) is 4.74 Å². The summed E-state index contributed by atoms with van der Waals surface area (Å²) in [5, 5.41) is 11.5. The second kappa shape index (κ2) is 9.09. The zero-order chi connectivity index (χ0) is 22.5. The number of nitro groups is 1. The number of rotatable bonds is 7. The maximum atomic E-state index is 13.3. The molecule has 0 radical (unpaired) electrons. The second-order valence-corrected chi connectivity index (χ2v) is 7.02. The number of ketones is 1. The lowest BCUT2D eigenvalue weighted by molar-refractivity contribution is -0.384. The molecule has 1 N–H and O–H groups in total. The van der Waals surface area contributed by atoms with E-state index in [-0.39, 0.29) is 11.5 Å². The number of benzene rings is 3. The van der Waals surface area contributed by atoms with Crippen molar-refractivity contribution in [2.75, 3.05) is 0 Å². The molecule has 1 unspecified atom stereocenters. The fourth-order valence-corrected chi connectivity index (χ4v) is 3.34. The van der Waals surface area contributed by atoms with Crippen LogP contribution in [0.2, 0.25) is 0 Å². The van der Waals surface area contributed by atoms with Crippen LogP contribution in [0.15, 0.2) is 91.1 Å². The highest BCUT2D eigenvalue weighted by Crippen LogP contribution is 2.27. The number of nitrogens with one attached hydrogen (secondary N) is 1. The Morgan fingerprint density at radius 2 is 1.62 bits per heavy atom. The molecule has 0 fully saturated rings. The Hall–Kier alpha value is -4.52. The predicted octanol–water partition coefficient (Wildman–Crippen LogP) is 5.26. The molecular weight excluding hydrogens is 408 g/mol. The molecule has 0 amide bonds. The number of non-ortho nitro benzene ring substituents is 1. The SMILES string of the molecule is O=C(/C=C/c1ccc([N+](=O)[O-])cc1)OC(C(=O)c1c[nH]c2ccccc12)c1ccccc1. The third-order valence-electron chi connectivity index (χ3n) is 4.94. The van der Waals surface area contributed by atoms with E-state index in [9.17, 15) is 19.7 Å². The standard InChI is InChI=1S/C25H18N2O5/c28-23(15-12-17-10-13-19(14-11-17)27(30)31)32-25(18-6-2-1-3-7-18)24(29)21-16-26-22-9-5-4-8-20(21)22/h1-16,25-26H/b15-12+. The van der Waals surface area contributed by atoms with Gasteiger partial charge in [-0.05, 0) is 29.8 Å². The Balaban J connectivity index is 1.58. The van der Waals surface area contributed by atoms with E-state index >= 15 is 0 Å². The molecule has 7 heteroatoms. The molecule has 0 spiro atoms. The van der Waals surface area contributed by atoms with E-state index in [0.717, 1.165) is 10.9 Å². The van der Waals surface area contributed by atoms with E-state index in [1.165, 1.54) is 36.4 Å². The molecule has 32 heavy (non-hydrogen) atoms. The number of H-pyrrole nitrogens is 1. The molecule has 1 aromatic heterocycles. The fourth-order valence-electron chi connectivity index (χ4n) is 3.34. The first-order chi connectivity index (χ1) is 15.5. The average Bonchev–Trinajstić information content (AvgIpc) is 3.26. The number of nitro benzene ring substituents is 1. The van der Waals surface area contributed by atoms with Gasteiger partial charge in [-0.2, -0.15) is 0 Å². The number of esters is 1. The van der Waals surface area contributed by atoms with E-state index in [2.05, 4.69) is 4.98 Å². The van der Waals surface area contributed by atoms with Crippen LogP contribution in [0.25, 0.3) is 17.0 Å². The van der Waals surface area contributed by atoms with Crippen molar-refractivity contribution in [2.24, 2.45) is 0 Å². The topological polar surface area (TPSA) is 102 Å². The van der Waals surface area contributed by atoms with Gasteiger partial charge in [0.2, 0.25) is 5.78 Å². The van der Waals surface area contributed by atoms with Crippen molar-refractivity contribution in [1.29, 1.82) is 0 Å². The summed E-state index contributed by atoms with van der Waals surface area (Å²) in [6, 6.07) is 21.9. The average molecular weight is 426 g/mol. The lowest BCUT2D eigenvalue weighted by Gasteiger charge is -2.16. The third kappa shape index (κ3) is 4.46. The largest absolute Gasteiger partial charge is 0.446 e. The van der Waals surface area contributed by atoms with Crippen molar-refractivity contribution in [1.82, 2.24) is 4.98 Å². The highest BCUT2D eigenvalue weighted by Gasteiger charge is 2.27. The summed E-state index contributed by atoms with van der Waals surface area (Å²) in [7, 11) is 0. The molecule has 1 atom stereocenters. The van der Waals surface area contributed by atoms with Gasteiger partial charge in [-0.1, -0.05) is 48.5 Å². The minimum Gasteiger partial charge on any atom is -0.446 e. The van der Waals surface area contributed by atoms with Crippen LogP contribution in [0.1, 0.15) is 27.6 Å². The Labute approximate surface area is 183 Å². The Morgan fingerprint density at radius 1 is 0.938 bits per heavy atom. The Kier molecular flexibility index (Phi) is 5.89. The minimum absolute atomic E-state index is 0.0433. The quantitative estimate of drug-likeness (QED) is 0.143. The van der Waals surface area contributed by atoms with Gasteiger partial charge in [-0.25, -0.2) is 4.79 Å². The van der Waals surface area contributed by atoms with Gasteiger partial charge in [0.25, 0.3) is 5.69 Å². The first-order valence-electron chi connectivity index (χ1n) is 9.81. The number of para-hydroxylation sites is 1. The molecule has 0 saturated carbocycles. The van der Waals surface area contributed by atoms with Crippen LogP contribution in [0, 0.1) is 10.1 Å². The summed E-state index contributed by atoms with van der Waals surface area (Å²) in [6.07, 6.45) is 3.16. The second-order valence-electron chi connectivity index (χ2n) is 7.02. The molecular formula is C25H18N2O5. The van der Waals surface area contributed by atoms with Gasteiger partial charge in [0.15, 0.2) is 6.10 Å². The number of aromatic nitrogens is 1. The van der Waals surface area contributed by atoms with E-state index < -0.39 is 17.0 Å². The molecule has 0 aliphatic rings. The van der Waals surface area contributed by atoms with Crippen LogP contribution in [0.3, 0.4) is 0 Å². The summed E-state index contributed by atoms with van der Waals surface area (Å²) in [5.74, 6) is -1.05. The summed E-state index contributed by atoms with van der Waals surface area (Å²) in [5.41, 5.74) is 2.35. The van der Waals surface area contributed by atoms with Crippen LogP contribution in [0.4, 0.5) is 5.69 Å². The Morgan fingerprint density at radius 3 is 2.34 bits per heavy atom. The maximum absolute atomic E-state index is 13.3. The normalized spacial score (nSPS) is 12.0. The maximum Gasteiger partial charge on any atom is 0.331 e. The molecule has 7 nitrogen and oxygen atoms in total. The number of carbonyl (C=O) groups is 2. The van der Waals surface area contributed by atoms with E-state index in [1.807, 2.05) is 30.3 Å². The van der Waals surface area contributed by atoms with Crippen molar-refractivity contribution in [2.45, 2.75) is 6.10 Å². The number of ether oxygens (including phenoxy) is 1. The van der Waals surface area contributed by atoms with Gasteiger partial charge in [0.05, 0.1) is 4.92 Å². The molecule has 3 aromatic carbocycles. The third-order valence-corrected chi connectivity index (χ3v) is 4.94. The monoisotopic (exact) mass is 426 g/mol. The zero-order valence-corrected chi connectivity index (χ0v) is 16.8. The Bertz CT molecular complexity index is 1310. The highest BCUT2D eigenvalue weighted by atomic mass is 16.6. The van der Waals surface area contributed by atoms with Gasteiger partial charge in [0.1, 0.15) is 0 Å². The van der Waals surface area contributed by atoms with Crippen molar-refractivity contribution in [3.8, 4) is 0 Å². The van der Waals surface area contributed by atoms with E-state index in [0.29, 0.717) is 16.7 Å². The molecule has 0 aliphatic heterocycles. The zero-order valence-electron chi connectivity index (χ0n) is 16.8. The molecule has 0 saturated heterocycles. The van der Waals surface area contributed by atoms with Crippen LogP contribution in [-0.4, -0.2) is 21.7 Å². The smallest absolute Gasteiger partial charge is 0.331 e. The van der Waals surface area contributed by atoms with Gasteiger partial charge >= 0.3 is 5.97 Å². The summed E-state index contributed by atoms with van der Waals surface area (Å²) < 4.78 is 5.56. The number of fused-ring (bicyclic) bond motifs is 1. The van der Waals surface area contributed by atoms with Gasteiger partial charge < -0.3 is 9.72 Å². The highest BCUT2D eigenvalue weighted by molar-refractivity contribution is 6.10. The molecule has 1 heterocycles. The van der Waals surface area contributed by atoms with E-state index in [1.54, 1.807) is 30.5 Å². The summed E-state index contributed by atoms with van der Waals surface area (Å²) in [4.78, 5) is 39.2.